The van der Waals surface area contributed by atoms with Crippen molar-refractivity contribution in [2.24, 2.45) is 0 Å². The number of aromatic nitrogens is 4. The van der Waals surface area contributed by atoms with E-state index in [1.165, 1.54) is 36.1 Å². The van der Waals surface area contributed by atoms with E-state index in [0.717, 1.165) is 93.4 Å². The van der Waals surface area contributed by atoms with Crippen LogP contribution in [0.3, 0.4) is 0 Å². The van der Waals surface area contributed by atoms with Gasteiger partial charge in [0.25, 0.3) is 0 Å². The van der Waals surface area contributed by atoms with Crippen LogP contribution in [-0.2, 0) is 0 Å². The molecule has 0 saturated heterocycles. The monoisotopic (exact) mass is 1120 g/mol. The molecule has 0 saturated carbocycles. The zero-order chi connectivity index (χ0) is 76.8. The predicted molar refractivity (Wildman–Crippen MR) is 363 cm³/mol. The van der Waals surface area contributed by atoms with E-state index in [1.807, 2.05) is 86.6 Å². The van der Waals surface area contributed by atoms with Gasteiger partial charge in [-0.05, 0) is 195 Å². The maximum absolute atomic E-state index is 8.30. The first-order valence-electron chi connectivity index (χ1n) is 38.1. The summed E-state index contributed by atoms with van der Waals surface area (Å²) in [6.45, 7) is 4.94. The van der Waals surface area contributed by atoms with Gasteiger partial charge in [-0.2, -0.15) is 0 Å². The zero-order valence-corrected chi connectivity index (χ0v) is 49.4. The third-order valence-electron chi connectivity index (χ3n) is 14.7. The minimum Gasteiger partial charge on any atom is -0.256 e. The highest BCUT2D eigenvalue weighted by Gasteiger charge is 2.13. The van der Waals surface area contributed by atoms with E-state index in [1.54, 1.807) is 99.3 Å². The quantitative estimate of drug-likeness (QED) is 0.152. The van der Waals surface area contributed by atoms with Crippen molar-refractivity contribution in [3.8, 4) is 45.0 Å². The van der Waals surface area contributed by atoms with E-state index in [-0.39, 0.29) is 11.1 Å². The van der Waals surface area contributed by atoms with Crippen molar-refractivity contribution in [1.82, 2.24) is 19.9 Å². The van der Waals surface area contributed by atoms with Crippen LogP contribution in [0.15, 0.2) is 195 Å². The molecule has 4 unspecified atom stereocenters. The molecule has 0 bridgehead atoms. The predicted octanol–water partition coefficient (Wildman–Crippen LogP) is 22.6. The van der Waals surface area contributed by atoms with Crippen LogP contribution < -0.4 is 0 Å². The summed E-state index contributed by atoms with van der Waals surface area (Å²) in [5.41, 5.74) is 16.1. The van der Waals surface area contributed by atoms with Crippen molar-refractivity contribution in [2.75, 3.05) is 0 Å². The summed E-state index contributed by atoms with van der Waals surface area (Å²) in [5.74, 6) is -4.44. The number of hydrogen-bond donors (Lipinski definition) is 0. The highest BCUT2D eigenvalue weighted by molar-refractivity contribution is 5.98. The molecule has 0 fully saturated rings. The molecular formula is C80H84N4. The Bertz CT molecular complexity index is 5100. The second-order valence-electron chi connectivity index (χ2n) is 22.1. The third kappa shape index (κ3) is 14.4. The average molecular weight is 1120 g/mol. The summed E-state index contributed by atoms with van der Waals surface area (Å²) >= 11 is 0. The first-order valence-corrected chi connectivity index (χ1v) is 28.1. The van der Waals surface area contributed by atoms with Crippen LogP contribution in [0.5, 0.6) is 0 Å². The zero-order valence-electron chi connectivity index (χ0n) is 69.4. The molecule has 0 aliphatic carbocycles. The topological polar surface area (TPSA) is 51.6 Å². The average Bonchev–Trinajstić information content (AvgIpc) is 0.776. The lowest BCUT2D eigenvalue weighted by Crippen LogP contribution is -1.91. The molecular weight excluding hydrogens is 1020 g/mol. The van der Waals surface area contributed by atoms with Gasteiger partial charge in [-0.1, -0.05) is 197 Å². The fourth-order valence-electron chi connectivity index (χ4n) is 10.7. The molecule has 4 nitrogen and oxygen atoms in total. The van der Waals surface area contributed by atoms with Crippen molar-refractivity contribution >= 4 is 43.1 Å². The number of benzene rings is 8. The van der Waals surface area contributed by atoms with Crippen LogP contribution in [-0.4, -0.2) is 19.9 Å². The second kappa shape index (κ2) is 26.3. The van der Waals surface area contributed by atoms with Gasteiger partial charge in [-0.25, -0.2) is 0 Å². The van der Waals surface area contributed by atoms with E-state index in [4.69, 9.17) is 27.4 Å². The molecule has 4 aromatic heterocycles. The van der Waals surface area contributed by atoms with Crippen LogP contribution in [0.2, 0.25) is 0 Å². The Morgan fingerprint density at radius 3 is 0.798 bits per heavy atom. The number of hydrogen-bond acceptors (Lipinski definition) is 4. The molecule has 0 aliphatic rings. The number of nitrogens with zero attached hydrogens (tertiary/aromatic N) is 4. The molecule has 0 aliphatic heterocycles. The SMILES string of the molecule is [2H]C([2H])([2H])C(C)c1ccc2c(-c3cc(C)cc(C)c3)nccc2c1.[2H]C([2H])([2H])C([2H])(C)c1ccc2c(-c3cc(C)cc(C)c3)nccc2c1.[2H]C([2H])([2H])c1cc(C)cc(-c2nccc3cc(C(C)C([2H])([2H])[2H])ccc23)c1.[2H]C([2H])([2H])c1cc(C)cc(-c2nccc3cc(C([2H])(C)C([2H])([2H])[2H])ccc23)c1. The summed E-state index contributed by atoms with van der Waals surface area (Å²) in [6.07, 6.45) is 6.79. The molecule has 4 heterocycles. The fraction of sp³-hybridized carbons (Fsp3) is 0.250. The second-order valence-corrected chi connectivity index (χ2v) is 22.1. The van der Waals surface area contributed by atoms with Crippen LogP contribution in [0.25, 0.3) is 88.1 Å². The lowest BCUT2D eigenvalue weighted by atomic mass is 9.96. The molecule has 424 valence electrons. The van der Waals surface area contributed by atoms with Crippen molar-refractivity contribution in [3.63, 3.8) is 0 Å². The van der Waals surface area contributed by atoms with Gasteiger partial charge in [0.2, 0.25) is 0 Å². The maximum Gasteiger partial charge on any atom is 0.0780 e. The van der Waals surface area contributed by atoms with Gasteiger partial charge in [-0.3, -0.25) is 19.9 Å². The molecule has 8 aromatic carbocycles. The largest absolute Gasteiger partial charge is 0.256 e. The van der Waals surface area contributed by atoms with Crippen LogP contribution >= 0.6 is 0 Å². The normalized spacial score (nSPS) is 17.7. The van der Waals surface area contributed by atoms with E-state index in [0.29, 0.717) is 28.1 Å². The van der Waals surface area contributed by atoms with Crippen molar-refractivity contribution in [2.45, 2.75) is 134 Å². The number of aryl methyl sites for hydroxylation is 8. The van der Waals surface area contributed by atoms with Gasteiger partial charge in [0.15, 0.2) is 0 Å². The summed E-state index contributed by atoms with van der Waals surface area (Å²) in [5, 5.41) is 7.18. The molecule has 4 atom stereocenters. The van der Waals surface area contributed by atoms with Gasteiger partial charge in [-0.15, -0.1) is 0 Å². The van der Waals surface area contributed by atoms with Crippen LogP contribution in [0, 0.1) is 55.2 Å². The Morgan fingerprint density at radius 2 is 0.536 bits per heavy atom. The molecule has 0 amide bonds. The minimum absolute atomic E-state index is 0.249. The van der Waals surface area contributed by atoms with E-state index < -0.39 is 64.7 Å². The standard InChI is InChI=1S/4C20H21N/c4*1-13(2)16-5-6-19-17(12-16)7-8-21-20(19)18-10-14(3)9-15(4)11-18/h4*5-13H,1-4H3/i1D3,3D3,13D;1D3,13D;1D3,3D3;1D3. The van der Waals surface area contributed by atoms with Crippen molar-refractivity contribution < 1.29 is 27.4 Å². The number of pyridine rings is 4. The minimum atomic E-state index is -2.46. The fourth-order valence-corrected chi connectivity index (χ4v) is 10.7. The highest BCUT2D eigenvalue weighted by Crippen LogP contribution is 2.35. The third-order valence-corrected chi connectivity index (χ3v) is 14.7. The first-order chi connectivity index (χ1) is 48.1. The molecule has 0 spiro atoms. The lowest BCUT2D eigenvalue weighted by Gasteiger charge is -2.11. The maximum atomic E-state index is 8.30. The Hall–Kier alpha value is -8.60. The summed E-state index contributed by atoms with van der Waals surface area (Å²) in [4.78, 5) is 18.0. The Morgan fingerprint density at radius 1 is 0.286 bits per heavy atom. The number of fused-ring (bicyclic) bond motifs is 4. The summed E-state index contributed by atoms with van der Waals surface area (Å²) < 4.78 is 154. The molecule has 0 N–H and O–H groups in total. The van der Waals surface area contributed by atoms with E-state index in [9.17, 15) is 0 Å². The summed E-state index contributed by atoms with van der Waals surface area (Å²) in [7, 11) is 0. The molecule has 12 rings (SSSR count). The highest BCUT2D eigenvalue weighted by atomic mass is 14.7. The Balaban J connectivity index is 0.000000161. The van der Waals surface area contributed by atoms with Crippen molar-refractivity contribution in [1.29, 1.82) is 0 Å². The van der Waals surface area contributed by atoms with Crippen LogP contribution in [0.4, 0.5) is 0 Å². The molecule has 0 radical (unpaired) electrons. The van der Waals surface area contributed by atoms with Crippen LogP contribution in [0.1, 0.15) is 173 Å². The van der Waals surface area contributed by atoms with Gasteiger partial charge >= 0.3 is 0 Å². The van der Waals surface area contributed by atoms with Crippen molar-refractivity contribution in [3.05, 3.63) is 261 Å². The van der Waals surface area contributed by atoms with Gasteiger partial charge in [0.05, 0.1) is 22.8 Å². The van der Waals surface area contributed by atoms with Gasteiger partial charge < -0.3 is 0 Å². The van der Waals surface area contributed by atoms with Gasteiger partial charge in [0.1, 0.15) is 0 Å². The molecule has 12 aromatic rings. The summed E-state index contributed by atoms with van der Waals surface area (Å²) in [6, 6.07) is 52.4. The lowest BCUT2D eigenvalue weighted by molar-refractivity contribution is 0.868. The van der Waals surface area contributed by atoms with E-state index >= 15 is 0 Å². The smallest absolute Gasteiger partial charge is 0.0780 e. The Labute approximate surface area is 529 Å². The Kier molecular flexibility index (Phi) is 12.2. The molecule has 84 heavy (non-hydrogen) atoms. The first kappa shape index (κ1) is 39.0. The molecule has 4 heteroatoms. The van der Waals surface area contributed by atoms with Gasteiger partial charge in [0, 0.05) is 96.0 Å². The number of rotatable bonds is 8. The van der Waals surface area contributed by atoms with E-state index in [2.05, 4.69) is 84.0 Å².